The van der Waals surface area contributed by atoms with Gasteiger partial charge in [0.1, 0.15) is 0 Å². The van der Waals surface area contributed by atoms with E-state index in [9.17, 15) is 8.78 Å². The highest BCUT2D eigenvalue weighted by molar-refractivity contribution is 5.43. The molecule has 1 aromatic carbocycles. The van der Waals surface area contributed by atoms with Gasteiger partial charge in [-0.15, -0.1) is 0 Å². The largest absolute Gasteiger partial charge is 0.493 e. The van der Waals surface area contributed by atoms with Crippen LogP contribution in [-0.4, -0.2) is 33.5 Å². The van der Waals surface area contributed by atoms with Crippen molar-refractivity contribution in [3.63, 3.8) is 0 Å². The van der Waals surface area contributed by atoms with Crippen molar-refractivity contribution >= 4 is 0 Å². The lowest BCUT2D eigenvalue weighted by Crippen LogP contribution is -2.37. The van der Waals surface area contributed by atoms with Crippen molar-refractivity contribution < 1.29 is 23.0 Å². The molecule has 6 heteroatoms. The molecule has 0 amide bonds. The molecule has 0 heterocycles. The second-order valence-electron chi connectivity index (χ2n) is 5.05. The topological polar surface area (TPSA) is 39.7 Å². The van der Waals surface area contributed by atoms with E-state index in [1.54, 1.807) is 19.2 Å². The number of halogens is 2. The van der Waals surface area contributed by atoms with Crippen molar-refractivity contribution in [2.75, 3.05) is 20.8 Å². The summed E-state index contributed by atoms with van der Waals surface area (Å²) in [6, 6.07) is 5.18. The minimum atomic E-state index is -2.88. The standard InChI is InChI=1S/C15H23F2NO3/c1-10(2)12(9-19-3)18-8-11-5-6-13(20-4)14(7-11)21-15(16)17/h5-7,10,12,15,18H,8-9H2,1-4H3. The molecule has 0 bridgehead atoms. The van der Waals surface area contributed by atoms with Crippen LogP contribution in [0.4, 0.5) is 8.78 Å². The quantitative estimate of drug-likeness (QED) is 0.761. The van der Waals surface area contributed by atoms with Gasteiger partial charge in [-0.25, -0.2) is 0 Å². The smallest absolute Gasteiger partial charge is 0.387 e. The summed E-state index contributed by atoms with van der Waals surface area (Å²) in [6.07, 6.45) is 0. The van der Waals surface area contributed by atoms with Crippen LogP contribution >= 0.6 is 0 Å². The molecule has 1 rings (SSSR count). The zero-order chi connectivity index (χ0) is 15.8. The molecule has 0 saturated heterocycles. The molecule has 1 atom stereocenters. The molecule has 0 aliphatic heterocycles. The van der Waals surface area contributed by atoms with Crippen LogP contribution in [0.3, 0.4) is 0 Å². The molecular formula is C15H23F2NO3. The fraction of sp³-hybridized carbons (Fsp3) is 0.600. The average Bonchev–Trinajstić information content (AvgIpc) is 2.42. The first kappa shape index (κ1) is 17.7. The lowest BCUT2D eigenvalue weighted by molar-refractivity contribution is -0.0512. The van der Waals surface area contributed by atoms with Crippen LogP contribution in [0.5, 0.6) is 11.5 Å². The zero-order valence-corrected chi connectivity index (χ0v) is 12.9. The predicted molar refractivity (Wildman–Crippen MR) is 77.0 cm³/mol. The Morgan fingerprint density at radius 1 is 1.14 bits per heavy atom. The summed E-state index contributed by atoms with van der Waals surface area (Å²) in [7, 11) is 3.07. The summed E-state index contributed by atoms with van der Waals surface area (Å²) in [5.41, 5.74) is 0.841. The molecule has 4 nitrogen and oxygen atoms in total. The van der Waals surface area contributed by atoms with Crippen LogP contribution in [0.25, 0.3) is 0 Å². The van der Waals surface area contributed by atoms with Gasteiger partial charge in [0.2, 0.25) is 0 Å². The summed E-state index contributed by atoms with van der Waals surface area (Å²) in [6.45, 7) is 2.44. The lowest BCUT2D eigenvalue weighted by Gasteiger charge is -2.22. The van der Waals surface area contributed by atoms with Gasteiger partial charge in [0.15, 0.2) is 11.5 Å². The number of hydrogen-bond donors (Lipinski definition) is 1. The highest BCUT2D eigenvalue weighted by atomic mass is 19.3. The molecule has 0 saturated carbocycles. The Balaban J connectivity index is 2.74. The summed E-state index contributed by atoms with van der Waals surface area (Å²) in [5.74, 6) is 0.732. The van der Waals surface area contributed by atoms with Gasteiger partial charge in [0.25, 0.3) is 0 Å². The Labute approximate surface area is 124 Å². The van der Waals surface area contributed by atoms with Crippen LogP contribution < -0.4 is 14.8 Å². The minimum Gasteiger partial charge on any atom is -0.493 e. The van der Waals surface area contributed by atoms with E-state index in [1.807, 2.05) is 6.07 Å². The van der Waals surface area contributed by atoms with Gasteiger partial charge in [-0.2, -0.15) is 8.78 Å². The molecule has 0 aromatic heterocycles. The van der Waals surface area contributed by atoms with Gasteiger partial charge in [0, 0.05) is 19.7 Å². The Morgan fingerprint density at radius 3 is 2.38 bits per heavy atom. The first-order valence-corrected chi connectivity index (χ1v) is 6.82. The van der Waals surface area contributed by atoms with Crippen molar-refractivity contribution in [2.45, 2.75) is 33.0 Å². The van der Waals surface area contributed by atoms with Crippen LogP contribution in [0.1, 0.15) is 19.4 Å². The number of hydrogen-bond acceptors (Lipinski definition) is 4. The fourth-order valence-corrected chi connectivity index (χ4v) is 1.93. The van der Waals surface area contributed by atoms with E-state index in [-0.39, 0.29) is 17.5 Å². The molecule has 1 unspecified atom stereocenters. The molecule has 0 spiro atoms. The number of nitrogens with one attached hydrogen (secondary N) is 1. The number of benzene rings is 1. The molecular weight excluding hydrogens is 280 g/mol. The Morgan fingerprint density at radius 2 is 1.86 bits per heavy atom. The van der Waals surface area contributed by atoms with Crippen LogP contribution in [0, 0.1) is 5.92 Å². The minimum absolute atomic E-state index is 0.0413. The molecule has 0 aliphatic rings. The highest BCUT2D eigenvalue weighted by Gasteiger charge is 2.14. The third-order valence-corrected chi connectivity index (χ3v) is 3.16. The normalized spacial score (nSPS) is 12.8. The maximum absolute atomic E-state index is 12.4. The second-order valence-corrected chi connectivity index (χ2v) is 5.05. The van der Waals surface area contributed by atoms with Crippen molar-refractivity contribution in [3.8, 4) is 11.5 Å². The van der Waals surface area contributed by atoms with Gasteiger partial charge >= 0.3 is 6.61 Å². The van der Waals surface area contributed by atoms with E-state index < -0.39 is 6.61 Å². The van der Waals surface area contributed by atoms with Crippen molar-refractivity contribution in [2.24, 2.45) is 5.92 Å². The number of alkyl halides is 2. The number of ether oxygens (including phenoxy) is 3. The molecule has 0 radical (unpaired) electrons. The van der Waals surface area contributed by atoms with Crippen molar-refractivity contribution in [1.29, 1.82) is 0 Å². The van der Waals surface area contributed by atoms with E-state index in [0.717, 1.165) is 5.56 Å². The number of methoxy groups -OCH3 is 2. The third-order valence-electron chi connectivity index (χ3n) is 3.16. The molecule has 21 heavy (non-hydrogen) atoms. The Kier molecular flexibility index (Phi) is 7.39. The van der Waals surface area contributed by atoms with E-state index >= 15 is 0 Å². The van der Waals surface area contributed by atoms with Crippen molar-refractivity contribution in [3.05, 3.63) is 23.8 Å². The van der Waals surface area contributed by atoms with Crippen LogP contribution in [0.15, 0.2) is 18.2 Å². The summed E-state index contributed by atoms with van der Waals surface area (Å²) in [4.78, 5) is 0. The van der Waals surface area contributed by atoms with Crippen LogP contribution in [-0.2, 0) is 11.3 Å². The molecule has 1 N–H and O–H groups in total. The zero-order valence-electron chi connectivity index (χ0n) is 12.9. The van der Waals surface area contributed by atoms with Crippen molar-refractivity contribution in [1.82, 2.24) is 5.32 Å². The van der Waals surface area contributed by atoms with E-state index in [1.165, 1.54) is 7.11 Å². The van der Waals surface area contributed by atoms with Gasteiger partial charge in [0.05, 0.1) is 13.7 Å². The summed E-state index contributed by atoms with van der Waals surface area (Å²) < 4.78 is 39.4. The highest BCUT2D eigenvalue weighted by Crippen LogP contribution is 2.29. The molecule has 120 valence electrons. The molecule has 0 fully saturated rings. The van der Waals surface area contributed by atoms with Gasteiger partial charge < -0.3 is 19.5 Å². The van der Waals surface area contributed by atoms with Crippen LogP contribution in [0.2, 0.25) is 0 Å². The maximum Gasteiger partial charge on any atom is 0.387 e. The maximum atomic E-state index is 12.4. The Bertz CT molecular complexity index is 427. The molecule has 0 aliphatic carbocycles. The average molecular weight is 303 g/mol. The van der Waals surface area contributed by atoms with Gasteiger partial charge in [-0.05, 0) is 23.6 Å². The third kappa shape index (κ3) is 5.85. The van der Waals surface area contributed by atoms with Gasteiger partial charge in [-0.1, -0.05) is 19.9 Å². The first-order chi connectivity index (χ1) is 9.97. The van der Waals surface area contributed by atoms with E-state index in [0.29, 0.717) is 19.1 Å². The predicted octanol–water partition coefficient (Wildman–Crippen LogP) is 3.06. The fourth-order valence-electron chi connectivity index (χ4n) is 1.93. The van der Waals surface area contributed by atoms with E-state index in [2.05, 4.69) is 23.9 Å². The SMILES string of the molecule is COCC(NCc1ccc(OC)c(OC(F)F)c1)C(C)C. The monoisotopic (exact) mass is 303 g/mol. The molecule has 1 aromatic rings. The van der Waals surface area contributed by atoms with Gasteiger partial charge in [-0.3, -0.25) is 0 Å². The summed E-state index contributed by atoms with van der Waals surface area (Å²) in [5, 5.41) is 3.35. The lowest BCUT2D eigenvalue weighted by atomic mass is 10.0. The number of rotatable bonds is 9. The summed E-state index contributed by atoms with van der Waals surface area (Å²) >= 11 is 0. The Hall–Kier alpha value is -1.40. The first-order valence-electron chi connectivity index (χ1n) is 6.82. The second kappa shape index (κ2) is 8.79. The van der Waals surface area contributed by atoms with E-state index in [4.69, 9.17) is 9.47 Å².